The Bertz CT molecular complexity index is 2380. The maximum atomic E-state index is 5.17. The average molecular weight is 781 g/mol. The van der Waals surface area contributed by atoms with Crippen LogP contribution >= 0.6 is 7.92 Å². The molecule has 1 aromatic heterocycles. The molecule has 5 aromatic rings. The second-order valence-electron chi connectivity index (χ2n) is 14.1. The Morgan fingerprint density at radius 1 is 0.879 bits per heavy atom. The Morgan fingerprint density at radius 3 is 2.19 bits per heavy atom. The predicted octanol–water partition coefficient (Wildman–Crippen LogP) is 14.7. The Hall–Kier alpha value is -5.69. The van der Waals surface area contributed by atoms with Crippen molar-refractivity contribution < 1.29 is 0 Å². The molecule has 7 rings (SSSR count). The maximum Gasteiger partial charge on any atom is 0.0685 e. The van der Waals surface area contributed by atoms with Gasteiger partial charge < -0.3 is 9.88 Å². The van der Waals surface area contributed by atoms with E-state index in [0.717, 1.165) is 31.4 Å². The molecule has 2 atom stereocenters. The van der Waals surface area contributed by atoms with E-state index in [1.165, 1.54) is 66.1 Å². The molecule has 1 aliphatic heterocycles. The molecule has 0 bridgehead atoms. The van der Waals surface area contributed by atoms with Gasteiger partial charge in [-0.3, -0.25) is 0 Å². The maximum absolute atomic E-state index is 5.17. The molecule has 0 spiro atoms. The third kappa shape index (κ3) is 8.74. The van der Waals surface area contributed by atoms with Gasteiger partial charge in [-0.25, -0.2) is 0 Å². The molecular weight excluding hydrogens is 720 g/mol. The molecule has 0 fully saturated rings. The van der Waals surface area contributed by atoms with Gasteiger partial charge >= 0.3 is 0 Å². The molecule has 296 valence electrons. The summed E-state index contributed by atoms with van der Waals surface area (Å²) >= 11 is 0. The number of allylic oxidation sites excluding steroid dienone is 13. The molecule has 3 heteroatoms. The van der Waals surface area contributed by atoms with Crippen LogP contribution in [-0.2, 0) is 11.8 Å². The molecule has 2 nitrogen and oxygen atoms in total. The Morgan fingerprint density at radius 2 is 1.53 bits per heavy atom. The second-order valence-corrected chi connectivity index (χ2v) is 16.3. The summed E-state index contributed by atoms with van der Waals surface area (Å²) in [5.41, 5.74) is 10.4. The largest absolute Gasteiger partial charge is 0.387 e. The Labute approximate surface area is 350 Å². The van der Waals surface area contributed by atoms with Crippen molar-refractivity contribution in [3.05, 3.63) is 234 Å². The van der Waals surface area contributed by atoms with Crippen molar-refractivity contribution in [2.75, 3.05) is 6.54 Å². The number of hydrogen-bond donors (Lipinski definition) is 1. The van der Waals surface area contributed by atoms with Crippen molar-refractivity contribution in [2.45, 2.75) is 66.2 Å². The average Bonchev–Trinajstić information content (AvgIpc) is 3.38. The van der Waals surface area contributed by atoms with Gasteiger partial charge in [0, 0.05) is 28.9 Å². The molecule has 1 aliphatic carbocycles. The predicted molar refractivity (Wildman–Crippen MR) is 259 cm³/mol. The van der Waals surface area contributed by atoms with Gasteiger partial charge in [-0.1, -0.05) is 186 Å². The van der Waals surface area contributed by atoms with E-state index < -0.39 is 13.3 Å². The first-order chi connectivity index (χ1) is 28.5. The highest BCUT2D eigenvalue weighted by atomic mass is 31.1. The second kappa shape index (κ2) is 21.2. The van der Waals surface area contributed by atoms with Crippen LogP contribution in [0, 0.1) is 6.92 Å². The number of fused-ring (bicyclic) bond motifs is 1. The van der Waals surface area contributed by atoms with E-state index in [9.17, 15) is 0 Å². The summed E-state index contributed by atoms with van der Waals surface area (Å²) in [5, 5.41) is 8.66. The minimum Gasteiger partial charge on any atom is -0.387 e. The number of dihydropyridines is 1. The Kier molecular flexibility index (Phi) is 15.9. The summed E-state index contributed by atoms with van der Waals surface area (Å²) in [5.74, 6) is 0. The van der Waals surface area contributed by atoms with E-state index in [2.05, 4.69) is 196 Å². The normalized spacial score (nSPS) is 15.1. The van der Waals surface area contributed by atoms with Gasteiger partial charge in [0.1, 0.15) is 0 Å². The fourth-order valence-electron chi connectivity index (χ4n) is 8.39. The number of nitrogens with one attached hydrogen (secondary N) is 1. The van der Waals surface area contributed by atoms with Crippen LogP contribution < -0.4 is 10.6 Å². The monoisotopic (exact) mass is 780 g/mol. The lowest BCUT2D eigenvalue weighted by molar-refractivity contribution is 0.707. The highest BCUT2D eigenvalue weighted by Gasteiger charge is 2.44. The van der Waals surface area contributed by atoms with Crippen molar-refractivity contribution in [3.63, 3.8) is 0 Å². The molecule has 2 unspecified atom stereocenters. The van der Waals surface area contributed by atoms with Crippen LogP contribution in [0.3, 0.4) is 0 Å². The number of hydrogen-bond acceptors (Lipinski definition) is 1. The molecule has 0 radical (unpaired) electrons. The van der Waals surface area contributed by atoms with E-state index in [4.69, 9.17) is 6.58 Å². The van der Waals surface area contributed by atoms with E-state index in [0.29, 0.717) is 0 Å². The van der Waals surface area contributed by atoms with Gasteiger partial charge in [0.05, 0.1) is 10.9 Å². The molecule has 2 aliphatic rings. The van der Waals surface area contributed by atoms with E-state index in [-0.39, 0.29) is 0 Å². The van der Waals surface area contributed by atoms with Gasteiger partial charge in [0.15, 0.2) is 0 Å². The molecular formula is C55H61N2P. The van der Waals surface area contributed by atoms with Crippen LogP contribution in [-0.4, -0.2) is 11.1 Å². The summed E-state index contributed by atoms with van der Waals surface area (Å²) < 4.78 is 2.48. The lowest BCUT2D eigenvalue weighted by atomic mass is 9.61. The van der Waals surface area contributed by atoms with Gasteiger partial charge in [0.25, 0.3) is 0 Å². The first-order valence-corrected chi connectivity index (χ1v) is 22.1. The highest BCUT2D eigenvalue weighted by Crippen LogP contribution is 2.55. The van der Waals surface area contributed by atoms with Crippen molar-refractivity contribution in [1.29, 1.82) is 0 Å². The topological polar surface area (TPSA) is 17.0 Å². The minimum atomic E-state index is -0.801. The molecule has 0 saturated carbocycles. The number of aryl methyl sites for hydroxylation is 1. The third-order valence-electron chi connectivity index (χ3n) is 10.6. The fourth-order valence-corrected chi connectivity index (χ4v) is 10.7. The van der Waals surface area contributed by atoms with Gasteiger partial charge in [0.2, 0.25) is 0 Å². The molecule has 0 saturated heterocycles. The number of nitrogens with zero attached hydrogens (tertiary/aromatic N) is 1. The molecule has 2 heterocycles. The summed E-state index contributed by atoms with van der Waals surface area (Å²) in [6.07, 6.45) is 24.8. The smallest absolute Gasteiger partial charge is 0.0685 e. The zero-order chi connectivity index (χ0) is 41.5. The number of aromatic nitrogens is 1. The van der Waals surface area contributed by atoms with Crippen LogP contribution in [0.15, 0.2) is 206 Å². The first kappa shape index (κ1) is 43.4. The van der Waals surface area contributed by atoms with Crippen LogP contribution in [0.4, 0.5) is 0 Å². The summed E-state index contributed by atoms with van der Waals surface area (Å²) in [6.45, 7) is 26.1. The quantitative estimate of drug-likeness (QED) is 0.0758. The zero-order valence-electron chi connectivity index (χ0n) is 35.5. The van der Waals surface area contributed by atoms with E-state index in [1.54, 1.807) is 6.08 Å². The van der Waals surface area contributed by atoms with Gasteiger partial charge in [-0.05, 0) is 110 Å². The Balaban J connectivity index is 0.00000122. The van der Waals surface area contributed by atoms with Crippen molar-refractivity contribution in [3.8, 4) is 0 Å². The lowest BCUT2D eigenvalue weighted by Crippen LogP contribution is -2.37. The number of rotatable bonds is 12. The van der Waals surface area contributed by atoms with Crippen LogP contribution in [0.25, 0.3) is 22.2 Å². The molecule has 1 N–H and O–H groups in total. The molecule has 0 amide bonds. The van der Waals surface area contributed by atoms with Crippen molar-refractivity contribution >= 4 is 35.4 Å². The van der Waals surface area contributed by atoms with Crippen LogP contribution in [0.2, 0.25) is 0 Å². The summed E-state index contributed by atoms with van der Waals surface area (Å²) in [6, 6.07) is 39.9. The SMILES string of the molecule is C=C/C(=C\C)P(C1=CC(n2c(C)c(C(=C)C(C3=CC=CNC3)(c3ccccc3)c3ccccc3CCC)c3ccccc32)=CCC=C1)c1ccccc1.C=CC.CC. The van der Waals surface area contributed by atoms with Crippen LogP contribution in [0.5, 0.6) is 0 Å². The third-order valence-corrected chi connectivity index (χ3v) is 13.2. The van der Waals surface area contributed by atoms with Crippen molar-refractivity contribution in [1.82, 2.24) is 9.88 Å². The lowest BCUT2D eigenvalue weighted by Gasteiger charge is -2.42. The summed E-state index contributed by atoms with van der Waals surface area (Å²) in [7, 11) is -0.801. The highest BCUT2D eigenvalue weighted by molar-refractivity contribution is 7.74. The zero-order valence-corrected chi connectivity index (χ0v) is 36.4. The van der Waals surface area contributed by atoms with Gasteiger partial charge in [-0.2, -0.15) is 0 Å². The fraction of sp³-hybridized carbons (Fsp3) is 0.200. The van der Waals surface area contributed by atoms with Crippen molar-refractivity contribution in [2.24, 2.45) is 0 Å². The van der Waals surface area contributed by atoms with Gasteiger partial charge in [-0.15, -0.1) is 6.58 Å². The molecule has 4 aromatic carbocycles. The number of para-hydroxylation sites is 1. The minimum absolute atomic E-state index is 0.614. The van der Waals surface area contributed by atoms with E-state index >= 15 is 0 Å². The first-order valence-electron chi connectivity index (χ1n) is 20.8. The molecule has 58 heavy (non-hydrogen) atoms. The standard InChI is InChI=1S/C50H49N2P.C3H6.C2H6/c1-6-22-39-23-15-19-32-47(39)50(40-24-11-9-12-25-40,41-26-21-34-51-36-41)37(4)49-38(5)52(48-33-20-18-31-46(48)49)42-27-16-17-30-45(35-42)53(43(7-2)8-3)44-28-13-10-14-29-44;1-3-2;1-2/h7-15,17-21,23-35,51H,2,4,6,16,22,36H2,1,3,5H3;3H,1H2,2H3;1-2H3/b43-8+;;. The van der Waals surface area contributed by atoms with E-state index in [1.807, 2.05) is 33.0 Å². The number of benzene rings is 4. The summed E-state index contributed by atoms with van der Waals surface area (Å²) in [4.78, 5) is 0. The van der Waals surface area contributed by atoms with Crippen LogP contribution in [0.1, 0.15) is 75.4 Å².